The fourth-order valence-electron chi connectivity index (χ4n) is 13.0. The highest BCUT2D eigenvalue weighted by Gasteiger charge is 2.75. The summed E-state index contributed by atoms with van der Waals surface area (Å²) in [4.78, 5) is 15.3. The van der Waals surface area contributed by atoms with Crippen molar-refractivity contribution in [2.24, 2.45) is 50.7 Å². The number of nitrogens with zero attached hydrogens (tertiary/aromatic N) is 2. The molecule has 7 rings (SSSR count). The summed E-state index contributed by atoms with van der Waals surface area (Å²) in [5, 5.41) is 0. The van der Waals surface area contributed by atoms with E-state index < -0.39 is 0 Å². The number of pyridine rings is 1. The van der Waals surface area contributed by atoms with Crippen LogP contribution in [0, 0.1) is 50.7 Å². The Balaban J connectivity index is 1.09. The van der Waals surface area contributed by atoms with E-state index in [0.29, 0.717) is 33.7 Å². The molecule has 4 aliphatic carbocycles. The Morgan fingerprint density at radius 3 is 2.23 bits per heavy atom. The number of carbonyl (C=O) groups excluding carboxylic acids is 1. The number of carbonyl (C=O) groups is 1. The van der Waals surface area contributed by atoms with Crippen molar-refractivity contribution in [1.29, 1.82) is 0 Å². The molecule has 1 aromatic rings. The smallest absolute Gasteiger partial charge is 0.372 e. The van der Waals surface area contributed by atoms with Gasteiger partial charge in [-0.2, -0.15) is 4.57 Å². The van der Waals surface area contributed by atoms with Crippen LogP contribution in [0.25, 0.3) is 0 Å². The molecule has 6 aliphatic rings. The van der Waals surface area contributed by atoms with Gasteiger partial charge in [-0.25, -0.2) is 4.79 Å². The second-order valence-electron chi connectivity index (χ2n) is 18.2. The second kappa shape index (κ2) is 9.46. The van der Waals surface area contributed by atoms with Crippen molar-refractivity contribution in [2.75, 3.05) is 19.0 Å². The van der Waals surface area contributed by atoms with Crippen LogP contribution in [0.1, 0.15) is 113 Å². The van der Waals surface area contributed by atoms with E-state index in [-0.39, 0.29) is 29.6 Å². The van der Waals surface area contributed by atoms with Gasteiger partial charge in [-0.05, 0) is 104 Å². The summed E-state index contributed by atoms with van der Waals surface area (Å²) in [7, 11) is 4.07. The Hall–Kier alpha value is -1.62. The minimum Gasteiger partial charge on any atom is -0.457 e. The molecule has 5 nitrogen and oxygen atoms in total. The summed E-state index contributed by atoms with van der Waals surface area (Å²) in [6.45, 7) is 18.2. The molecule has 1 spiro atoms. The van der Waals surface area contributed by atoms with Gasteiger partial charge in [0.1, 0.15) is 6.10 Å². The van der Waals surface area contributed by atoms with E-state index in [1.165, 1.54) is 57.8 Å². The lowest BCUT2D eigenvalue weighted by Crippen LogP contribution is -2.77. The first-order chi connectivity index (χ1) is 20.1. The van der Waals surface area contributed by atoms with Crippen LogP contribution in [0.2, 0.25) is 0 Å². The Morgan fingerprint density at radius 2 is 1.56 bits per heavy atom. The molecule has 238 valence electrons. The predicted octanol–water partition coefficient (Wildman–Crippen LogP) is 7.59. The van der Waals surface area contributed by atoms with Crippen LogP contribution in [-0.4, -0.2) is 37.9 Å². The molecule has 0 radical (unpaired) electrons. The van der Waals surface area contributed by atoms with Crippen molar-refractivity contribution in [1.82, 2.24) is 0 Å². The molecule has 43 heavy (non-hydrogen) atoms. The van der Waals surface area contributed by atoms with Gasteiger partial charge in [0, 0.05) is 43.2 Å². The minimum absolute atomic E-state index is 0.0146. The Kier molecular flexibility index (Phi) is 6.61. The first-order valence-corrected chi connectivity index (χ1v) is 17.6. The van der Waals surface area contributed by atoms with Gasteiger partial charge >= 0.3 is 5.97 Å². The molecule has 5 heteroatoms. The molecule has 4 saturated carbocycles. The highest BCUT2D eigenvalue weighted by Crippen LogP contribution is 2.78. The van der Waals surface area contributed by atoms with Gasteiger partial charge in [-0.3, -0.25) is 0 Å². The van der Waals surface area contributed by atoms with E-state index in [1.54, 1.807) is 0 Å². The summed E-state index contributed by atoms with van der Waals surface area (Å²) in [5.74, 6) is 2.78. The first kappa shape index (κ1) is 30.1. The Morgan fingerprint density at radius 1 is 0.860 bits per heavy atom. The van der Waals surface area contributed by atoms with Crippen LogP contribution < -0.4 is 9.47 Å². The maximum absolute atomic E-state index is 13.2. The zero-order valence-corrected chi connectivity index (χ0v) is 28.7. The zero-order valence-electron chi connectivity index (χ0n) is 28.7. The van der Waals surface area contributed by atoms with Crippen molar-refractivity contribution in [3.8, 4) is 0 Å². The van der Waals surface area contributed by atoms with Crippen molar-refractivity contribution in [2.45, 2.75) is 137 Å². The molecule has 10 atom stereocenters. The summed E-state index contributed by atoms with van der Waals surface area (Å²) in [6, 6.07) is 4.10. The highest BCUT2D eigenvalue weighted by molar-refractivity contribution is 5.68. The van der Waals surface area contributed by atoms with E-state index in [0.717, 1.165) is 29.9 Å². The van der Waals surface area contributed by atoms with Crippen LogP contribution in [0.5, 0.6) is 0 Å². The largest absolute Gasteiger partial charge is 0.457 e. The van der Waals surface area contributed by atoms with Gasteiger partial charge in [0.25, 0.3) is 0 Å². The summed E-state index contributed by atoms with van der Waals surface area (Å²) in [5.41, 5.74) is 2.67. The number of aromatic nitrogens is 1. The third-order valence-corrected chi connectivity index (χ3v) is 15.6. The lowest BCUT2D eigenvalue weighted by Gasteiger charge is -2.77. The molecule has 6 fully saturated rings. The van der Waals surface area contributed by atoms with E-state index in [1.807, 2.05) is 31.1 Å². The standard InChI is InChI=1S/C38H59N2O3/c1-33(2)18-20-38-21-19-36(6)26(31(38)32(33)43-38)10-11-28-35(5)16-13-29(34(3,4)27(35)12-17-37(28,36)7)42-30(41)24-40-22-14-25(15-23-40)39(8)9/h14-15,22-23,26-29,31-32H,10-13,16-21,24H2,1-9H3/q+1/t26?,27?,28?,29-,31?,32-,35-,36+,37+,38-/m0/s1. The van der Waals surface area contributed by atoms with Crippen LogP contribution >= 0.6 is 0 Å². The van der Waals surface area contributed by atoms with Crippen molar-refractivity contribution < 1.29 is 18.8 Å². The lowest BCUT2D eigenvalue weighted by molar-refractivity contribution is -0.686. The number of rotatable bonds is 4. The maximum Gasteiger partial charge on any atom is 0.372 e. The minimum atomic E-state index is -0.106. The number of hydrogen-bond donors (Lipinski definition) is 0. The lowest BCUT2D eigenvalue weighted by atomic mass is 9.31. The number of anilines is 1. The number of ether oxygens (including phenoxy) is 2. The molecule has 0 N–H and O–H groups in total. The van der Waals surface area contributed by atoms with Gasteiger partial charge in [0.05, 0.1) is 11.7 Å². The number of fused-ring (bicyclic) bond motifs is 8. The molecular formula is C38H59N2O3+. The topological polar surface area (TPSA) is 42.7 Å². The number of esters is 1. The van der Waals surface area contributed by atoms with Gasteiger partial charge in [-0.1, -0.05) is 48.5 Å². The molecule has 2 saturated heterocycles. The SMILES string of the molecule is CN(C)c1cc[n+](CC(=O)O[C@H]2CC[C@@]3(C)C(CC[C@]4(C)C3CCC3C5[C@@H]6O[C@@]5(CCC6(C)C)CC[C@]34C)C2(C)C)cc1. The van der Waals surface area contributed by atoms with Crippen molar-refractivity contribution >= 4 is 11.7 Å². The van der Waals surface area contributed by atoms with Crippen LogP contribution in [0.3, 0.4) is 0 Å². The molecule has 2 aliphatic heterocycles. The third kappa shape index (κ3) is 4.04. The second-order valence-corrected chi connectivity index (χ2v) is 18.2. The monoisotopic (exact) mass is 591 g/mol. The summed E-state index contributed by atoms with van der Waals surface area (Å²) in [6.07, 6.45) is 17.1. The van der Waals surface area contributed by atoms with Crippen LogP contribution in [0.4, 0.5) is 5.69 Å². The molecule has 2 bridgehead atoms. The van der Waals surface area contributed by atoms with E-state index in [9.17, 15) is 4.79 Å². The number of hydrogen-bond acceptors (Lipinski definition) is 4. The Bertz CT molecular complexity index is 1270. The Labute approximate surface area is 261 Å². The van der Waals surface area contributed by atoms with E-state index in [2.05, 4.69) is 65.5 Å². The first-order valence-electron chi connectivity index (χ1n) is 17.6. The predicted molar refractivity (Wildman–Crippen MR) is 170 cm³/mol. The van der Waals surface area contributed by atoms with Gasteiger partial charge < -0.3 is 14.4 Å². The average Bonchev–Trinajstić information content (AvgIpc) is 2.91. The van der Waals surface area contributed by atoms with E-state index in [4.69, 9.17) is 9.47 Å². The van der Waals surface area contributed by atoms with E-state index >= 15 is 0 Å². The average molecular weight is 592 g/mol. The summed E-state index contributed by atoms with van der Waals surface area (Å²) >= 11 is 0. The van der Waals surface area contributed by atoms with Gasteiger partial charge in [0.2, 0.25) is 6.54 Å². The zero-order chi connectivity index (χ0) is 30.8. The van der Waals surface area contributed by atoms with Crippen LogP contribution in [0.15, 0.2) is 24.5 Å². The fourth-order valence-corrected chi connectivity index (χ4v) is 13.0. The fraction of sp³-hybridized carbons (Fsp3) is 0.842. The quantitative estimate of drug-likeness (QED) is 0.267. The molecule has 0 amide bonds. The molecule has 1 aromatic heterocycles. The van der Waals surface area contributed by atoms with Crippen molar-refractivity contribution in [3.05, 3.63) is 24.5 Å². The molecule has 0 aromatic carbocycles. The molecule has 4 unspecified atom stereocenters. The molecule has 3 heterocycles. The maximum atomic E-state index is 13.2. The molecular weight excluding hydrogens is 532 g/mol. The van der Waals surface area contributed by atoms with Crippen LogP contribution in [-0.2, 0) is 20.8 Å². The van der Waals surface area contributed by atoms with Crippen molar-refractivity contribution in [3.63, 3.8) is 0 Å². The highest BCUT2D eigenvalue weighted by atomic mass is 16.5. The summed E-state index contributed by atoms with van der Waals surface area (Å²) < 4.78 is 15.1. The van der Waals surface area contributed by atoms with Gasteiger partial charge in [-0.15, -0.1) is 0 Å². The van der Waals surface area contributed by atoms with Gasteiger partial charge in [0.15, 0.2) is 12.4 Å². The third-order valence-electron chi connectivity index (χ3n) is 15.6. The normalized spacial score (nSPS) is 47.1.